The van der Waals surface area contributed by atoms with E-state index in [0.29, 0.717) is 0 Å². The fourth-order valence-corrected chi connectivity index (χ4v) is 2.35. The lowest BCUT2D eigenvalue weighted by Gasteiger charge is -2.29. The second-order valence-corrected chi connectivity index (χ2v) is 4.81. The number of nitrogens with two attached hydrogens (primary N) is 1. The molecule has 1 aliphatic rings. The molecule has 0 aliphatic heterocycles. The molecule has 0 spiro atoms. The van der Waals surface area contributed by atoms with Gasteiger partial charge in [0.1, 0.15) is 0 Å². The summed E-state index contributed by atoms with van der Waals surface area (Å²) in [6, 6.07) is 0.226. The molecule has 1 amide bonds. The Bertz CT molecular complexity index is 246. The van der Waals surface area contributed by atoms with Gasteiger partial charge in [0.2, 0.25) is 5.91 Å². The van der Waals surface area contributed by atoms with Gasteiger partial charge in [-0.3, -0.25) is 4.79 Å². The van der Waals surface area contributed by atoms with Crippen LogP contribution >= 0.6 is 12.4 Å². The third-order valence-electron chi connectivity index (χ3n) is 3.34. The van der Waals surface area contributed by atoms with Gasteiger partial charge in [0.25, 0.3) is 0 Å². The first-order chi connectivity index (χ1) is 7.65. The number of hydrogen-bond donors (Lipinski definition) is 1. The maximum Gasteiger partial charge on any atom is 0.225 e. The highest BCUT2D eigenvalue weighted by atomic mass is 35.5. The van der Waals surface area contributed by atoms with Gasteiger partial charge in [-0.05, 0) is 32.1 Å². The summed E-state index contributed by atoms with van der Waals surface area (Å²) in [6.45, 7) is 4.51. The summed E-state index contributed by atoms with van der Waals surface area (Å²) >= 11 is 0. The Balaban J connectivity index is 0.00000256. The fraction of sp³-hybridized carbons (Fsp3) is 0.769. The molecular weight excluding hydrogens is 236 g/mol. The van der Waals surface area contributed by atoms with Gasteiger partial charge in [-0.25, -0.2) is 0 Å². The van der Waals surface area contributed by atoms with E-state index in [-0.39, 0.29) is 30.3 Å². The van der Waals surface area contributed by atoms with E-state index in [4.69, 9.17) is 5.73 Å². The van der Waals surface area contributed by atoms with E-state index >= 15 is 0 Å². The first kappa shape index (κ1) is 16.5. The topological polar surface area (TPSA) is 46.3 Å². The quantitative estimate of drug-likeness (QED) is 0.609. The van der Waals surface area contributed by atoms with Crippen molar-refractivity contribution in [2.75, 3.05) is 13.6 Å². The van der Waals surface area contributed by atoms with Crippen molar-refractivity contribution in [3.8, 4) is 0 Å². The third-order valence-corrected chi connectivity index (χ3v) is 3.34. The number of nitrogens with zero attached hydrogens (tertiary/aromatic N) is 1. The molecule has 2 unspecified atom stereocenters. The number of carbonyl (C=O) groups is 1. The minimum atomic E-state index is 0. The Hall–Kier alpha value is -0.540. The van der Waals surface area contributed by atoms with E-state index in [0.717, 1.165) is 45.1 Å². The Morgan fingerprint density at radius 2 is 2.24 bits per heavy atom. The van der Waals surface area contributed by atoms with Crippen molar-refractivity contribution in [2.45, 2.75) is 44.6 Å². The second kappa shape index (κ2) is 8.54. The number of hydrogen-bond acceptors (Lipinski definition) is 2. The Kier molecular flexibility index (Phi) is 8.26. The monoisotopic (exact) mass is 260 g/mol. The van der Waals surface area contributed by atoms with Crippen molar-refractivity contribution >= 4 is 18.3 Å². The third kappa shape index (κ3) is 5.55. The van der Waals surface area contributed by atoms with E-state index in [1.54, 1.807) is 0 Å². The molecule has 1 aliphatic carbocycles. The SMILES string of the molecule is C=CCCCN(C)C(=O)C1CCCC(N)C1.Cl. The van der Waals surface area contributed by atoms with Crippen LogP contribution in [0.15, 0.2) is 12.7 Å². The summed E-state index contributed by atoms with van der Waals surface area (Å²) in [4.78, 5) is 13.9. The summed E-state index contributed by atoms with van der Waals surface area (Å²) in [6.07, 6.45) is 7.92. The summed E-state index contributed by atoms with van der Waals surface area (Å²) < 4.78 is 0. The molecular formula is C13H25ClN2O. The van der Waals surface area contributed by atoms with Crippen LogP contribution in [0.1, 0.15) is 38.5 Å². The Morgan fingerprint density at radius 3 is 2.82 bits per heavy atom. The smallest absolute Gasteiger partial charge is 0.225 e. The van der Waals surface area contributed by atoms with Gasteiger partial charge in [-0.1, -0.05) is 12.5 Å². The van der Waals surface area contributed by atoms with Gasteiger partial charge < -0.3 is 10.6 Å². The first-order valence-electron chi connectivity index (χ1n) is 6.26. The second-order valence-electron chi connectivity index (χ2n) is 4.81. The molecule has 1 fully saturated rings. The van der Waals surface area contributed by atoms with Gasteiger partial charge in [-0.15, -0.1) is 19.0 Å². The summed E-state index contributed by atoms with van der Waals surface area (Å²) in [5.41, 5.74) is 5.90. The number of allylic oxidation sites excluding steroid dienone is 1. The number of unbranched alkanes of at least 4 members (excludes halogenated alkanes) is 1. The number of carbonyl (C=O) groups excluding carboxylic acids is 1. The standard InChI is InChI=1S/C13H24N2O.ClH/c1-3-4-5-9-15(2)13(16)11-7-6-8-12(14)10-11;/h3,11-12H,1,4-10,14H2,2H3;1H. The molecule has 0 saturated heterocycles. The average molecular weight is 261 g/mol. The van der Waals surface area contributed by atoms with Crippen molar-refractivity contribution < 1.29 is 4.79 Å². The molecule has 3 nitrogen and oxygen atoms in total. The minimum Gasteiger partial charge on any atom is -0.346 e. The molecule has 100 valence electrons. The molecule has 4 heteroatoms. The molecule has 0 radical (unpaired) electrons. The van der Waals surface area contributed by atoms with Gasteiger partial charge in [0, 0.05) is 25.6 Å². The summed E-state index contributed by atoms with van der Waals surface area (Å²) in [5.74, 6) is 0.441. The zero-order valence-corrected chi connectivity index (χ0v) is 11.5. The lowest BCUT2D eigenvalue weighted by molar-refractivity contribution is -0.135. The molecule has 0 aromatic carbocycles. The molecule has 17 heavy (non-hydrogen) atoms. The van der Waals surface area contributed by atoms with E-state index in [2.05, 4.69) is 6.58 Å². The molecule has 1 rings (SSSR count). The van der Waals surface area contributed by atoms with Gasteiger partial charge in [-0.2, -0.15) is 0 Å². The van der Waals surface area contributed by atoms with Gasteiger partial charge >= 0.3 is 0 Å². The molecule has 0 aromatic rings. The van der Waals surface area contributed by atoms with E-state index in [1.807, 2.05) is 18.0 Å². The van der Waals surface area contributed by atoms with Crippen LogP contribution in [0, 0.1) is 5.92 Å². The first-order valence-corrected chi connectivity index (χ1v) is 6.26. The van der Waals surface area contributed by atoms with Crippen LogP contribution in [-0.4, -0.2) is 30.4 Å². The van der Waals surface area contributed by atoms with Crippen LogP contribution in [0.2, 0.25) is 0 Å². The highest BCUT2D eigenvalue weighted by Crippen LogP contribution is 2.24. The van der Waals surface area contributed by atoms with Crippen LogP contribution in [0.4, 0.5) is 0 Å². The predicted molar refractivity (Wildman–Crippen MR) is 74.2 cm³/mol. The largest absolute Gasteiger partial charge is 0.346 e. The van der Waals surface area contributed by atoms with Crippen LogP contribution in [0.3, 0.4) is 0 Å². The van der Waals surface area contributed by atoms with E-state index in [9.17, 15) is 4.79 Å². The number of amides is 1. The average Bonchev–Trinajstić information content (AvgIpc) is 2.28. The van der Waals surface area contributed by atoms with Crippen LogP contribution < -0.4 is 5.73 Å². The maximum absolute atomic E-state index is 12.1. The molecule has 0 bridgehead atoms. The van der Waals surface area contributed by atoms with Crippen molar-refractivity contribution in [2.24, 2.45) is 11.7 Å². The lowest BCUT2D eigenvalue weighted by atomic mass is 9.85. The molecule has 1 saturated carbocycles. The number of halogens is 1. The van der Waals surface area contributed by atoms with Crippen molar-refractivity contribution in [3.05, 3.63) is 12.7 Å². The zero-order valence-electron chi connectivity index (χ0n) is 10.7. The number of rotatable bonds is 5. The highest BCUT2D eigenvalue weighted by molar-refractivity contribution is 5.85. The Labute approximate surface area is 111 Å². The minimum absolute atomic E-state index is 0. The van der Waals surface area contributed by atoms with Gasteiger partial charge in [0.15, 0.2) is 0 Å². The van der Waals surface area contributed by atoms with Crippen molar-refractivity contribution in [1.29, 1.82) is 0 Å². The van der Waals surface area contributed by atoms with Crippen LogP contribution in [-0.2, 0) is 4.79 Å². The predicted octanol–water partition coefficient (Wildman–Crippen LogP) is 2.35. The molecule has 2 N–H and O–H groups in total. The van der Waals surface area contributed by atoms with Crippen molar-refractivity contribution in [3.63, 3.8) is 0 Å². The zero-order chi connectivity index (χ0) is 12.0. The lowest BCUT2D eigenvalue weighted by Crippen LogP contribution is -2.39. The van der Waals surface area contributed by atoms with E-state index in [1.165, 1.54) is 0 Å². The van der Waals surface area contributed by atoms with Gasteiger partial charge in [0.05, 0.1) is 0 Å². The van der Waals surface area contributed by atoms with Crippen LogP contribution in [0.25, 0.3) is 0 Å². The van der Waals surface area contributed by atoms with Crippen LogP contribution in [0.5, 0.6) is 0 Å². The summed E-state index contributed by atoms with van der Waals surface area (Å²) in [5, 5.41) is 0. The normalized spacial score (nSPS) is 23.6. The molecule has 2 atom stereocenters. The van der Waals surface area contributed by atoms with E-state index < -0.39 is 0 Å². The highest BCUT2D eigenvalue weighted by Gasteiger charge is 2.27. The molecule has 0 aromatic heterocycles. The Morgan fingerprint density at radius 1 is 1.53 bits per heavy atom. The summed E-state index contributed by atoms with van der Waals surface area (Å²) in [7, 11) is 1.89. The maximum atomic E-state index is 12.1. The van der Waals surface area contributed by atoms with Crippen molar-refractivity contribution in [1.82, 2.24) is 4.90 Å². The fourth-order valence-electron chi connectivity index (χ4n) is 2.35. The molecule has 0 heterocycles.